The number of benzene rings is 2. The van der Waals surface area contributed by atoms with Crippen LogP contribution in [0.3, 0.4) is 0 Å². The number of ether oxygens (including phenoxy) is 3. The second-order valence-corrected chi connectivity index (χ2v) is 9.52. The monoisotopic (exact) mass is 491 g/mol. The van der Waals surface area contributed by atoms with E-state index in [1.165, 1.54) is 19.2 Å². The molecule has 1 aliphatic rings. The van der Waals surface area contributed by atoms with Crippen LogP contribution in [0.2, 0.25) is 0 Å². The zero-order chi connectivity index (χ0) is 24.0. The average Bonchev–Trinajstić information content (AvgIpc) is 2.84. The predicted octanol–water partition coefficient (Wildman–Crippen LogP) is 2.65. The smallest absolute Gasteiger partial charge is 0.240 e. The van der Waals surface area contributed by atoms with Crippen LogP contribution in [0.5, 0.6) is 17.2 Å². The van der Waals surface area contributed by atoms with Crippen LogP contribution < -0.4 is 24.2 Å². The number of thiocarbonyl (C=S) groups is 1. The van der Waals surface area contributed by atoms with Gasteiger partial charge in [-0.05, 0) is 66.2 Å². The van der Waals surface area contributed by atoms with Crippen molar-refractivity contribution in [1.82, 2.24) is 14.9 Å². The minimum atomic E-state index is -3.75. The van der Waals surface area contributed by atoms with Crippen LogP contribution in [0.4, 0.5) is 0 Å². The average molecular weight is 492 g/mol. The predicted molar refractivity (Wildman–Crippen MR) is 132 cm³/mol. The van der Waals surface area contributed by atoms with E-state index in [2.05, 4.69) is 16.6 Å². The fraction of sp³-hybridized carbons (Fsp3) is 0.348. The van der Waals surface area contributed by atoms with Gasteiger partial charge in [-0.25, -0.2) is 13.1 Å². The van der Waals surface area contributed by atoms with E-state index in [9.17, 15) is 8.42 Å². The van der Waals surface area contributed by atoms with Gasteiger partial charge in [0.15, 0.2) is 16.6 Å². The Morgan fingerprint density at radius 2 is 1.82 bits per heavy atom. The molecule has 1 aliphatic heterocycles. The summed E-state index contributed by atoms with van der Waals surface area (Å²) in [5.74, 6) is 1.79. The lowest BCUT2D eigenvalue weighted by molar-refractivity contribution is 0.291. The Balaban J connectivity index is 1.93. The van der Waals surface area contributed by atoms with Gasteiger partial charge in [0.2, 0.25) is 10.0 Å². The van der Waals surface area contributed by atoms with Crippen molar-refractivity contribution in [3.8, 4) is 17.2 Å². The van der Waals surface area contributed by atoms with Crippen LogP contribution in [-0.2, 0) is 16.4 Å². The highest BCUT2D eigenvalue weighted by molar-refractivity contribution is 7.89. The SMILES string of the molecule is C=CCNC(=S)N1CCc2cc(OC)c(OC)cc2[C@@H]1CNS(=O)(=O)c1ccc(OC)cc1. The molecule has 10 heteroatoms. The van der Waals surface area contributed by atoms with Crippen molar-refractivity contribution in [2.45, 2.75) is 17.4 Å². The fourth-order valence-electron chi connectivity index (χ4n) is 3.78. The molecular weight excluding hydrogens is 462 g/mol. The first-order valence-corrected chi connectivity index (χ1v) is 12.3. The maximum absolute atomic E-state index is 13.0. The largest absolute Gasteiger partial charge is 0.497 e. The molecule has 1 heterocycles. The highest BCUT2D eigenvalue weighted by atomic mass is 32.2. The van der Waals surface area contributed by atoms with Crippen LogP contribution in [-0.4, -0.2) is 59.4 Å². The number of hydrogen-bond donors (Lipinski definition) is 2. The zero-order valence-corrected chi connectivity index (χ0v) is 20.6. The lowest BCUT2D eigenvalue weighted by Gasteiger charge is -2.39. The van der Waals surface area contributed by atoms with Crippen molar-refractivity contribution in [3.63, 3.8) is 0 Å². The van der Waals surface area contributed by atoms with Gasteiger partial charge in [0.1, 0.15) is 5.75 Å². The number of methoxy groups -OCH3 is 3. The molecule has 3 rings (SSSR count). The van der Waals surface area contributed by atoms with Gasteiger partial charge < -0.3 is 24.4 Å². The quantitative estimate of drug-likeness (QED) is 0.409. The molecule has 0 unspecified atom stereocenters. The molecule has 0 aliphatic carbocycles. The highest BCUT2D eigenvalue weighted by Gasteiger charge is 2.32. The Bertz CT molecular complexity index is 1100. The lowest BCUT2D eigenvalue weighted by atomic mass is 9.92. The van der Waals surface area contributed by atoms with E-state index < -0.39 is 10.0 Å². The van der Waals surface area contributed by atoms with Gasteiger partial charge in [0, 0.05) is 19.6 Å². The van der Waals surface area contributed by atoms with Crippen LogP contribution in [0.1, 0.15) is 17.2 Å². The first-order chi connectivity index (χ1) is 15.8. The first-order valence-electron chi connectivity index (χ1n) is 10.4. The van der Waals surface area contributed by atoms with Crippen molar-refractivity contribution in [2.24, 2.45) is 0 Å². The topological polar surface area (TPSA) is 89.1 Å². The second kappa shape index (κ2) is 10.9. The molecular formula is C23H29N3O5S2. The molecule has 0 saturated carbocycles. The molecule has 33 heavy (non-hydrogen) atoms. The van der Waals surface area contributed by atoms with Crippen molar-refractivity contribution < 1.29 is 22.6 Å². The molecule has 0 bridgehead atoms. The van der Waals surface area contributed by atoms with Crippen LogP contribution >= 0.6 is 12.2 Å². The van der Waals surface area contributed by atoms with Gasteiger partial charge in [-0.3, -0.25) is 0 Å². The Hall–Kier alpha value is -2.82. The summed E-state index contributed by atoms with van der Waals surface area (Å²) >= 11 is 5.60. The number of rotatable bonds is 9. The second-order valence-electron chi connectivity index (χ2n) is 7.37. The molecule has 2 aromatic carbocycles. The van der Waals surface area contributed by atoms with Crippen LogP contribution in [0, 0.1) is 0 Å². The minimum Gasteiger partial charge on any atom is -0.497 e. The lowest BCUT2D eigenvalue weighted by Crippen LogP contribution is -2.49. The summed E-state index contributed by atoms with van der Waals surface area (Å²) in [6, 6.07) is 9.74. The van der Waals surface area contributed by atoms with Crippen molar-refractivity contribution in [2.75, 3.05) is 41.0 Å². The van der Waals surface area contributed by atoms with Gasteiger partial charge in [-0.1, -0.05) is 6.08 Å². The number of hydrogen-bond acceptors (Lipinski definition) is 6. The third-order valence-corrected chi connectivity index (χ3v) is 7.32. The van der Waals surface area contributed by atoms with Crippen molar-refractivity contribution >= 4 is 27.4 Å². The molecule has 8 nitrogen and oxygen atoms in total. The molecule has 0 spiro atoms. The fourth-order valence-corrected chi connectivity index (χ4v) is 5.12. The summed E-state index contributed by atoms with van der Waals surface area (Å²) in [5.41, 5.74) is 1.99. The third kappa shape index (κ3) is 5.58. The van der Waals surface area contributed by atoms with Gasteiger partial charge in [-0.2, -0.15) is 0 Å². The summed E-state index contributed by atoms with van der Waals surface area (Å²) in [7, 11) is 0.945. The zero-order valence-electron chi connectivity index (χ0n) is 19.0. The molecule has 0 aromatic heterocycles. The number of fused-ring (bicyclic) bond motifs is 1. The molecule has 0 radical (unpaired) electrons. The van der Waals surface area contributed by atoms with E-state index in [4.69, 9.17) is 26.4 Å². The van der Waals surface area contributed by atoms with Crippen molar-refractivity contribution in [1.29, 1.82) is 0 Å². The minimum absolute atomic E-state index is 0.118. The number of nitrogens with one attached hydrogen (secondary N) is 2. The van der Waals surface area contributed by atoms with E-state index >= 15 is 0 Å². The molecule has 0 saturated heterocycles. The molecule has 0 amide bonds. The van der Waals surface area contributed by atoms with Gasteiger partial charge >= 0.3 is 0 Å². The summed E-state index contributed by atoms with van der Waals surface area (Å²) in [4.78, 5) is 2.15. The summed E-state index contributed by atoms with van der Waals surface area (Å²) < 4.78 is 44.8. The standard InChI is InChI=1S/C23H29N3O5S2/c1-5-11-24-23(32)26-12-10-16-13-21(30-3)22(31-4)14-19(16)20(26)15-25-33(27,28)18-8-6-17(29-2)7-9-18/h5-9,13-14,20,25H,1,10-12,15H2,2-4H3,(H,24,32)/t20-/m0/s1. The van der Waals surface area contributed by atoms with E-state index in [0.717, 1.165) is 17.5 Å². The maximum atomic E-state index is 13.0. The summed E-state index contributed by atoms with van der Waals surface area (Å²) in [6.07, 6.45) is 2.45. The Morgan fingerprint density at radius 1 is 1.15 bits per heavy atom. The summed E-state index contributed by atoms with van der Waals surface area (Å²) in [6.45, 7) is 4.97. The van der Waals surface area contributed by atoms with E-state index in [-0.39, 0.29) is 17.5 Å². The number of nitrogens with zero attached hydrogens (tertiary/aromatic N) is 1. The third-order valence-electron chi connectivity index (χ3n) is 5.50. The Labute approximate surface area is 200 Å². The number of sulfonamides is 1. The highest BCUT2D eigenvalue weighted by Crippen LogP contribution is 2.38. The molecule has 1 atom stereocenters. The van der Waals surface area contributed by atoms with Gasteiger partial charge in [0.25, 0.3) is 0 Å². The maximum Gasteiger partial charge on any atom is 0.240 e. The van der Waals surface area contributed by atoms with Gasteiger partial charge in [-0.15, -0.1) is 6.58 Å². The Morgan fingerprint density at radius 3 is 2.42 bits per heavy atom. The van der Waals surface area contributed by atoms with E-state index in [1.54, 1.807) is 32.4 Å². The first kappa shape index (κ1) is 24.8. The molecule has 2 N–H and O–H groups in total. The van der Waals surface area contributed by atoms with Gasteiger partial charge in [0.05, 0.1) is 32.3 Å². The van der Waals surface area contributed by atoms with Crippen LogP contribution in [0.15, 0.2) is 53.9 Å². The van der Waals surface area contributed by atoms with E-state index in [1.807, 2.05) is 17.0 Å². The van der Waals surface area contributed by atoms with E-state index in [0.29, 0.717) is 35.5 Å². The molecule has 178 valence electrons. The Kier molecular flexibility index (Phi) is 8.17. The van der Waals surface area contributed by atoms with Crippen LogP contribution in [0.25, 0.3) is 0 Å². The molecule has 0 fully saturated rings. The molecule has 2 aromatic rings. The van der Waals surface area contributed by atoms with Crippen molar-refractivity contribution in [3.05, 3.63) is 60.2 Å². The normalized spacial score (nSPS) is 15.4. The summed E-state index contributed by atoms with van der Waals surface area (Å²) in [5, 5.41) is 3.68.